The third-order valence-electron chi connectivity index (χ3n) is 4.32. The minimum Gasteiger partial charge on any atom is -0.494 e. The summed E-state index contributed by atoms with van der Waals surface area (Å²) in [5, 5.41) is 5.88. The second kappa shape index (κ2) is 11.5. The minimum absolute atomic E-state index is 0.0134. The zero-order chi connectivity index (χ0) is 21.2. The Hall–Kier alpha value is -2.47. The number of hydrogen-bond donors (Lipinski definition) is 2. The number of carbonyl (C=O) groups is 2. The van der Waals surface area contributed by atoms with Crippen LogP contribution < -0.4 is 15.4 Å². The van der Waals surface area contributed by atoms with E-state index in [1.807, 2.05) is 45.0 Å². The summed E-state index contributed by atoms with van der Waals surface area (Å²) in [7, 11) is 0. The van der Waals surface area contributed by atoms with Gasteiger partial charge in [-0.25, -0.2) is 0 Å². The summed E-state index contributed by atoms with van der Waals surface area (Å²) in [6.07, 6.45) is 1.18. The van der Waals surface area contributed by atoms with Gasteiger partial charge >= 0.3 is 0 Å². The maximum absolute atomic E-state index is 12.2. The van der Waals surface area contributed by atoms with Gasteiger partial charge in [0, 0.05) is 17.8 Å². The molecule has 2 amide bonds. The van der Waals surface area contributed by atoms with E-state index in [1.165, 1.54) is 17.3 Å². The van der Waals surface area contributed by atoms with E-state index in [4.69, 9.17) is 4.74 Å². The SMILES string of the molecule is CCOc1ccc(NC(=O)CSCCCC(=O)Nc2c(C)cc(C)cc2C)cc1. The first-order valence-corrected chi connectivity index (χ1v) is 11.0. The molecule has 0 bridgehead atoms. The quantitative estimate of drug-likeness (QED) is 0.531. The molecule has 156 valence electrons. The molecule has 0 spiro atoms. The number of aryl methyl sites for hydroxylation is 3. The highest BCUT2D eigenvalue weighted by atomic mass is 32.2. The summed E-state index contributed by atoms with van der Waals surface area (Å²) in [5.41, 5.74) is 5.01. The smallest absolute Gasteiger partial charge is 0.234 e. The monoisotopic (exact) mass is 414 g/mol. The molecule has 0 saturated heterocycles. The van der Waals surface area contributed by atoms with Gasteiger partial charge in [0.2, 0.25) is 11.8 Å². The molecule has 0 aliphatic heterocycles. The van der Waals surface area contributed by atoms with Crippen molar-refractivity contribution in [3.63, 3.8) is 0 Å². The average molecular weight is 415 g/mol. The van der Waals surface area contributed by atoms with Crippen molar-refractivity contribution in [2.75, 3.05) is 28.7 Å². The van der Waals surface area contributed by atoms with Crippen molar-refractivity contribution < 1.29 is 14.3 Å². The largest absolute Gasteiger partial charge is 0.494 e. The van der Waals surface area contributed by atoms with E-state index in [-0.39, 0.29) is 11.8 Å². The van der Waals surface area contributed by atoms with Crippen molar-refractivity contribution in [2.24, 2.45) is 0 Å². The van der Waals surface area contributed by atoms with Gasteiger partial charge < -0.3 is 15.4 Å². The van der Waals surface area contributed by atoms with Crippen LogP contribution in [0.5, 0.6) is 5.75 Å². The van der Waals surface area contributed by atoms with Crippen LogP contribution in [0.15, 0.2) is 36.4 Å². The van der Waals surface area contributed by atoms with Crippen LogP contribution in [0.2, 0.25) is 0 Å². The molecule has 0 heterocycles. The number of nitrogens with one attached hydrogen (secondary N) is 2. The lowest BCUT2D eigenvalue weighted by molar-refractivity contribution is -0.116. The average Bonchev–Trinajstić information content (AvgIpc) is 2.66. The van der Waals surface area contributed by atoms with Gasteiger partial charge in [0.15, 0.2) is 0 Å². The van der Waals surface area contributed by atoms with Crippen LogP contribution in [0.3, 0.4) is 0 Å². The van der Waals surface area contributed by atoms with E-state index < -0.39 is 0 Å². The highest BCUT2D eigenvalue weighted by molar-refractivity contribution is 7.99. The zero-order valence-corrected chi connectivity index (χ0v) is 18.4. The highest BCUT2D eigenvalue weighted by Crippen LogP contribution is 2.22. The van der Waals surface area contributed by atoms with Crippen molar-refractivity contribution in [3.8, 4) is 5.75 Å². The molecule has 0 unspecified atom stereocenters. The molecule has 0 fully saturated rings. The molecular formula is C23H30N2O3S. The van der Waals surface area contributed by atoms with Crippen LogP contribution in [0.4, 0.5) is 11.4 Å². The van der Waals surface area contributed by atoms with Gasteiger partial charge in [0.05, 0.1) is 12.4 Å². The van der Waals surface area contributed by atoms with Gasteiger partial charge in [-0.05, 0) is 75.3 Å². The lowest BCUT2D eigenvalue weighted by atomic mass is 10.0. The van der Waals surface area contributed by atoms with E-state index in [0.717, 1.165) is 40.4 Å². The summed E-state index contributed by atoms with van der Waals surface area (Å²) in [6.45, 7) is 8.61. The van der Waals surface area contributed by atoms with E-state index in [9.17, 15) is 9.59 Å². The van der Waals surface area contributed by atoms with Gasteiger partial charge in [-0.1, -0.05) is 17.7 Å². The maximum Gasteiger partial charge on any atom is 0.234 e. The lowest BCUT2D eigenvalue weighted by Gasteiger charge is -2.12. The Morgan fingerprint density at radius 3 is 2.24 bits per heavy atom. The first-order valence-electron chi connectivity index (χ1n) is 9.87. The fourth-order valence-corrected chi connectivity index (χ4v) is 3.83. The fraction of sp³-hybridized carbons (Fsp3) is 0.391. The molecule has 2 aromatic carbocycles. The molecule has 2 N–H and O–H groups in total. The molecular weight excluding hydrogens is 384 g/mol. The van der Waals surface area contributed by atoms with Crippen LogP contribution in [0.1, 0.15) is 36.5 Å². The molecule has 0 aromatic heterocycles. The van der Waals surface area contributed by atoms with Crippen LogP contribution in [0, 0.1) is 20.8 Å². The normalized spacial score (nSPS) is 10.5. The Bertz CT molecular complexity index is 812. The Morgan fingerprint density at radius 2 is 1.62 bits per heavy atom. The predicted molar refractivity (Wildman–Crippen MR) is 122 cm³/mol. The number of anilines is 2. The number of ether oxygens (including phenoxy) is 1. The highest BCUT2D eigenvalue weighted by Gasteiger charge is 2.09. The minimum atomic E-state index is -0.0467. The number of amides is 2. The first kappa shape index (κ1) is 22.8. The molecule has 5 nitrogen and oxygen atoms in total. The fourth-order valence-electron chi connectivity index (χ4n) is 3.08. The molecule has 6 heteroatoms. The molecule has 0 saturated carbocycles. The van der Waals surface area contributed by atoms with Gasteiger partial charge in [-0.15, -0.1) is 0 Å². The zero-order valence-electron chi connectivity index (χ0n) is 17.6. The van der Waals surface area contributed by atoms with Crippen molar-refractivity contribution >= 4 is 35.0 Å². The molecule has 0 radical (unpaired) electrons. The summed E-state index contributed by atoms with van der Waals surface area (Å²) in [4.78, 5) is 24.2. The summed E-state index contributed by atoms with van der Waals surface area (Å²) >= 11 is 1.53. The first-order chi connectivity index (χ1) is 13.9. The molecule has 0 atom stereocenters. The Labute approximate surface area is 177 Å². The van der Waals surface area contributed by atoms with Crippen LogP contribution >= 0.6 is 11.8 Å². The maximum atomic E-state index is 12.2. The standard InChI is InChI=1S/C23H30N2O3S/c1-5-28-20-10-8-19(9-11-20)24-22(27)15-29-12-6-7-21(26)25-23-17(3)13-16(2)14-18(23)4/h8-11,13-14H,5-7,12,15H2,1-4H3,(H,24,27)(H,25,26). The summed E-state index contributed by atoms with van der Waals surface area (Å²) < 4.78 is 5.38. The van der Waals surface area contributed by atoms with Crippen LogP contribution in [0.25, 0.3) is 0 Å². The Morgan fingerprint density at radius 1 is 0.966 bits per heavy atom. The number of hydrogen-bond acceptors (Lipinski definition) is 4. The third kappa shape index (κ3) is 7.81. The van der Waals surface area contributed by atoms with Crippen LogP contribution in [-0.2, 0) is 9.59 Å². The van der Waals surface area contributed by atoms with E-state index in [1.54, 1.807) is 0 Å². The van der Waals surface area contributed by atoms with Crippen molar-refractivity contribution in [2.45, 2.75) is 40.5 Å². The second-order valence-corrected chi connectivity index (χ2v) is 8.09. The summed E-state index contributed by atoms with van der Waals surface area (Å²) in [6, 6.07) is 11.5. The third-order valence-corrected chi connectivity index (χ3v) is 5.36. The second-order valence-electron chi connectivity index (χ2n) is 6.98. The van der Waals surface area contributed by atoms with Gasteiger partial charge in [0.1, 0.15) is 5.75 Å². The number of benzene rings is 2. The summed E-state index contributed by atoms with van der Waals surface area (Å²) in [5.74, 6) is 1.88. The molecule has 2 rings (SSSR count). The molecule has 0 aliphatic carbocycles. The van der Waals surface area contributed by atoms with Gasteiger partial charge in [-0.2, -0.15) is 11.8 Å². The predicted octanol–water partition coefficient (Wildman–Crippen LogP) is 5.10. The van der Waals surface area contributed by atoms with E-state index >= 15 is 0 Å². The van der Waals surface area contributed by atoms with Gasteiger partial charge in [-0.3, -0.25) is 9.59 Å². The Balaban J connectivity index is 1.65. The van der Waals surface area contributed by atoms with E-state index in [2.05, 4.69) is 29.7 Å². The number of thioether (sulfide) groups is 1. The molecule has 2 aromatic rings. The lowest BCUT2D eigenvalue weighted by Crippen LogP contribution is -2.15. The Kier molecular flexibility index (Phi) is 9.06. The van der Waals surface area contributed by atoms with Gasteiger partial charge in [0.25, 0.3) is 0 Å². The van der Waals surface area contributed by atoms with Crippen LogP contribution in [-0.4, -0.2) is 29.9 Å². The van der Waals surface area contributed by atoms with E-state index in [0.29, 0.717) is 18.8 Å². The topological polar surface area (TPSA) is 67.4 Å². The van der Waals surface area contributed by atoms with Crippen molar-refractivity contribution in [1.82, 2.24) is 0 Å². The number of carbonyl (C=O) groups excluding carboxylic acids is 2. The number of rotatable bonds is 10. The van der Waals surface area contributed by atoms with Crippen molar-refractivity contribution in [3.05, 3.63) is 53.1 Å². The molecule has 29 heavy (non-hydrogen) atoms. The van der Waals surface area contributed by atoms with Crippen molar-refractivity contribution in [1.29, 1.82) is 0 Å². The molecule has 0 aliphatic rings.